The zero-order valence-corrected chi connectivity index (χ0v) is 10.4. The SMILES string of the molecule is CCc1ccsc1C(N)C1CCCCC1. The van der Waals surface area contributed by atoms with Gasteiger partial charge in [-0.3, -0.25) is 0 Å². The first-order valence-electron chi connectivity index (χ1n) is 6.14. The maximum Gasteiger partial charge on any atom is 0.0421 e. The number of hydrogen-bond donors (Lipinski definition) is 1. The largest absolute Gasteiger partial charge is 0.323 e. The van der Waals surface area contributed by atoms with Crippen LogP contribution in [0.1, 0.15) is 55.5 Å². The molecule has 1 aliphatic rings. The van der Waals surface area contributed by atoms with Crippen LogP contribution in [0.15, 0.2) is 11.4 Å². The van der Waals surface area contributed by atoms with Crippen molar-refractivity contribution in [1.82, 2.24) is 0 Å². The average Bonchev–Trinajstić information content (AvgIpc) is 2.77. The van der Waals surface area contributed by atoms with E-state index in [9.17, 15) is 0 Å². The van der Waals surface area contributed by atoms with Crippen molar-refractivity contribution in [2.45, 2.75) is 51.5 Å². The molecule has 15 heavy (non-hydrogen) atoms. The fourth-order valence-corrected chi connectivity index (χ4v) is 3.73. The molecular weight excluding hydrogens is 202 g/mol. The third-order valence-corrected chi connectivity index (χ3v) is 4.68. The second kappa shape index (κ2) is 5.13. The molecule has 1 saturated carbocycles. The maximum absolute atomic E-state index is 6.40. The molecule has 2 heteroatoms. The summed E-state index contributed by atoms with van der Waals surface area (Å²) in [7, 11) is 0. The molecule has 84 valence electrons. The van der Waals surface area contributed by atoms with E-state index in [0.29, 0.717) is 6.04 Å². The average molecular weight is 223 g/mol. The number of rotatable bonds is 3. The summed E-state index contributed by atoms with van der Waals surface area (Å²) < 4.78 is 0. The summed E-state index contributed by atoms with van der Waals surface area (Å²) in [6, 6.07) is 2.54. The lowest BCUT2D eigenvalue weighted by molar-refractivity contribution is 0.310. The number of thiophene rings is 1. The van der Waals surface area contributed by atoms with Crippen LogP contribution in [0.3, 0.4) is 0 Å². The van der Waals surface area contributed by atoms with Crippen LogP contribution in [-0.2, 0) is 6.42 Å². The number of aryl methyl sites for hydroxylation is 1. The molecule has 1 aromatic heterocycles. The molecule has 1 fully saturated rings. The van der Waals surface area contributed by atoms with Crippen molar-refractivity contribution in [3.63, 3.8) is 0 Å². The molecule has 1 unspecified atom stereocenters. The third kappa shape index (κ3) is 2.43. The van der Waals surface area contributed by atoms with Gasteiger partial charge in [0.05, 0.1) is 0 Å². The monoisotopic (exact) mass is 223 g/mol. The Labute approximate surface area is 96.7 Å². The van der Waals surface area contributed by atoms with Gasteiger partial charge < -0.3 is 5.73 Å². The quantitative estimate of drug-likeness (QED) is 0.826. The predicted octanol–water partition coefficient (Wildman–Crippen LogP) is 3.89. The van der Waals surface area contributed by atoms with E-state index in [1.54, 1.807) is 0 Å². The lowest BCUT2D eigenvalue weighted by Gasteiger charge is -2.27. The highest BCUT2D eigenvalue weighted by atomic mass is 32.1. The maximum atomic E-state index is 6.40. The number of hydrogen-bond acceptors (Lipinski definition) is 2. The second-order valence-electron chi connectivity index (χ2n) is 4.59. The zero-order valence-electron chi connectivity index (χ0n) is 9.54. The van der Waals surface area contributed by atoms with E-state index in [0.717, 1.165) is 12.3 Å². The summed E-state index contributed by atoms with van der Waals surface area (Å²) in [5.41, 5.74) is 7.87. The Kier molecular flexibility index (Phi) is 3.81. The van der Waals surface area contributed by atoms with Gasteiger partial charge in [-0.05, 0) is 42.2 Å². The molecule has 0 radical (unpaired) electrons. The Morgan fingerprint density at radius 3 is 2.80 bits per heavy atom. The van der Waals surface area contributed by atoms with Crippen LogP contribution in [-0.4, -0.2) is 0 Å². The van der Waals surface area contributed by atoms with Crippen molar-refractivity contribution in [1.29, 1.82) is 0 Å². The minimum Gasteiger partial charge on any atom is -0.323 e. The van der Waals surface area contributed by atoms with Crippen LogP contribution in [0.5, 0.6) is 0 Å². The van der Waals surface area contributed by atoms with Crippen LogP contribution in [0, 0.1) is 5.92 Å². The number of nitrogens with two attached hydrogens (primary N) is 1. The van der Waals surface area contributed by atoms with Crippen molar-refractivity contribution in [2.75, 3.05) is 0 Å². The highest BCUT2D eigenvalue weighted by molar-refractivity contribution is 7.10. The van der Waals surface area contributed by atoms with Gasteiger partial charge in [0.15, 0.2) is 0 Å². The van der Waals surface area contributed by atoms with Crippen LogP contribution in [0.4, 0.5) is 0 Å². The molecule has 1 atom stereocenters. The van der Waals surface area contributed by atoms with E-state index in [1.165, 1.54) is 42.5 Å². The van der Waals surface area contributed by atoms with Crippen molar-refractivity contribution in [2.24, 2.45) is 11.7 Å². The lowest BCUT2D eigenvalue weighted by Crippen LogP contribution is -2.23. The minimum atomic E-state index is 0.306. The Bertz CT molecular complexity index is 299. The lowest BCUT2D eigenvalue weighted by atomic mass is 9.83. The molecule has 0 bridgehead atoms. The van der Waals surface area contributed by atoms with Gasteiger partial charge in [0, 0.05) is 10.9 Å². The van der Waals surface area contributed by atoms with Crippen molar-refractivity contribution in [3.05, 3.63) is 21.9 Å². The molecule has 0 aromatic carbocycles. The molecule has 0 spiro atoms. The first-order valence-corrected chi connectivity index (χ1v) is 7.02. The minimum absolute atomic E-state index is 0.306. The van der Waals surface area contributed by atoms with Crippen molar-refractivity contribution >= 4 is 11.3 Å². The molecular formula is C13H21NS. The van der Waals surface area contributed by atoms with Crippen LogP contribution in [0.2, 0.25) is 0 Å². The van der Waals surface area contributed by atoms with Gasteiger partial charge in [-0.2, -0.15) is 0 Å². The molecule has 0 amide bonds. The van der Waals surface area contributed by atoms with E-state index >= 15 is 0 Å². The Balaban J connectivity index is 2.08. The zero-order chi connectivity index (χ0) is 10.7. The molecule has 1 aromatic rings. The highest BCUT2D eigenvalue weighted by Crippen LogP contribution is 2.36. The first kappa shape index (κ1) is 11.2. The summed E-state index contributed by atoms with van der Waals surface area (Å²) in [6.45, 7) is 2.22. The van der Waals surface area contributed by atoms with E-state index in [-0.39, 0.29) is 0 Å². The molecule has 1 heterocycles. The van der Waals surface area contributed by atoms with Crippen LogP contribution < -0.4 is 5.73 Å². The fraction of sp³-hybridized carbons (Fsp3) is 0.692. The van der Waals surface area contributed by atoms with Gasteiger partial charge in [-0.25, -0.2) is 0 Å². The van der Waals surface area contributed by atoms with Gasteiger partial charge in [-0.15, -0.1) is 11.3 Å². The summed E-state index contributed by atoms with van der Waals surface area (Å²) >= 11 is 1.85. The molecule has 2 rings (SSSR count). The topological polar surface area (TPSA) is 26.0 Å². The third-order valence-electron chi connectivity index (χ3n) is 3.62. The molecule has 0 saturated heterocycles. The Morgan fingerprint density at radius 1 is 1.40 bits per heavy atom. The molecule has 1 aliphatic carbocycles. The van der Waals surface area contributed by atoms with Gasteiger partial charge in [0.1, 0.15) is 0 Å². The standard InChI is InChI=1S/C13H21NS/c1-2-10-8-9-15-13(10)12(14)11-6-4-3-5-7-11/h8-9,11-12H,2-7,14H2,1H3. The van der Waals surface area contributed by atoms with Crippen molar-refractivity contribution in [3.8, 4) is 0 Å². The smallest absolute Gasteiger partial charge is 0.0421 e. The normalized spacial score (nSPS) is 20.4. The second-order valence-corrected chi connectivity index (χ2v) is 5.54. The van der Waals surface area contributed by atoms with Gasteiger partial charge in [0.25, 0.3) is 0 Å². The summed E-state index contributed by atoms with van der Waals surface area (Å²) in [4.78, 5) is 1.45. The van der Waals surface area contributed by atoms with E-state index < -0.39 is 0 Å². The fourth-order valence-electron chi connectivity index (χ4n) is 2.64. The Morgan fingerprint density at radius 2 is 2.13 bits per heavy atom. The van der Waals surface area contributed by atoms with E-state index in [1.807, 2.05) is 11.3 Å². The molecule has 2 N–H and O–H groups in total. The predicted molar refractivity (Wildman–Crippen MR) is 67.2 cm³/mol. The summed E-state index contributed by atoms with van der Waals surface area (Å²) in [6.07, 6.45) is 7.97. The van der Waals surface area contributed by atoms with Gasteiger partial charge >= 0.3 is 0 Å². The Hall–Kier alpha value is -0.340. The first-order chi connectivity index (χ1) is 7.33. The van der Waals surface area contributed by atoms with Crippen LogP contribution >= 0.6 is 11.3 Å². The van der Waals surface area contributed by atoms with Gasteiger partial charge in [-0.1, -0.05) is 26.2 Å². The van der Waals surface area contributed by atoms with E-state index in [4.69, 9.17) is 5.73 Å². The van der Waals surface area contributed by atoms with Crippen LogP contribution in [0.25, 0.3) is 0 Å². The highest BCUT2D eigenvalue weighted by Gasteiger charge is 2.23. The van der Waals surface area contributed by atoms with Crippen molar-refractivity contribution < 1.29 is 0 Å². The molecule has 1 nitrogen and oxygen atoms in total. The summed E-state index contributed by atoms with van der Waals surface area (Å²) in [5, 5.41) is 2.19. The molecule has 0 aliphatic heterocycles. The summed E-state index contributed by atoms with van der Waals surface area (Å²) in [5.74, 6) is 0.739. The van der Waals surface area contributed by atoms with E-state index in [2.05, 4.69) is 18.4 Å². The van der Waals surface area contributed by atoms with Gasteiger partial charge in [0.2, 0.25) is 0 Å².